The second-order valence-corrected chi connectivity index (χ2v) is 8.16. The van der Waals surface area contributed by atoms with Gasteiger partial charge in [0.2, 0.25) is 10.0 Å². The van der Waals surface area contributed by atoms with Crippen molar-refractivity contribution in [3.05, 3.63) is 29.3 Å². The van der Waals surface area contributed by atoms with Crippen molar-refractivity contribution in [1.82, 2.24) is 9.21 Å². The first-order valence-corrected chi connectivity index (χ1v) is 9.07. The third-order valence-corrected chi connectivity index (χ3v) is 6.95. The van der Waals surface area contributed by atoms with Crippen LogP contribution in [0, 0.1) is 0 Å². The summed E-state index contributed by atoms with van der Waals surface area (Å²) in [6.07, 6.45) is -4.09. The summed E-state index contributed by atoms with van der Waals surface area (Å²) in [5.74, 6) is 0. The highest BCUT2D eigenvalue weighted by atomic mass is 35.5. The summed E-state index contributed by atoms with van der Waals surface area (Å²) in [6, 6.07) is 6.08. The molecule has 128 valence electrons. The topological polar surface area (TPSA) is 40.6 Å². The number of piperazine rings is 1. The van der Waals surface area contributed by atoms with Gasteiger partial charge in [-0.1, -0.05) is 23.7 Å². The average molecular weight is 369 g/mol. The summed E-state index contributed by atoms with van der Waals surface area (Å²) in [5.41, 5.74) is -1.74. The molecule has 0 unspecified atom stereocenters. The zero-order valence-corrected chi connectivity index (χ0v) is 13.8. The number of sulfonamides is 1. The van der Waals surface area contributed by atoms with E-state index in [1.165, 1.54) is 21.3 Å². The van der Waals surface area contributed by atoms with Crippen LogP contribution in [0.5, 0.6) is 0 Å². The standard InChI is InChI=1S/C14H16ClF3N2O2S/c15-11-3-1-2-4-12(11)23(21,22)20-9-7-19(8-10-20)13(5-6-13)14(16,17)18/h1-4H,5-10H2. The highest BCUT2D eigenvalue weighted by molar-refractivity contribution is 7.89. The molecule has 2 fully saturated rings. The summed E-state index contributed by atoms with van der Waals surface area (Å²) in [7, 11) is -3.78. The molecule has 1 heterocycles. The smallest absolute Gasteiger partial charge is 0.287 e. The maximum Gasteiger partial charge on any atom is 0.406 e. The Morgan fingerprint density at radius 1 is 1.04 bits per heavy atom. The largest absolute Gasteiger partial charge is 0.406 e. The molecule has 1 saturated heterocycles. The molecule has 1 aliphatic carbocycles. The maximum absolute atomic E-state index is 13.1. The van der Waals surface area contributed by atoms with Crippen LogP contribution in [0.15, 0.2) is 29.2 Å². The Bertz CT molecular complexity index is 696. The van der Waals surface area contributed by atoms with E-state index in [1.807, 2.05) is 0 Å². The van der Waals surface area contributed by atoms with Gasteiger partial charge in [0.05, 0.1) is 5.02 Å². The van der Waals surface area contributed by atoms with Crippen molar-refractivity contribution in [3.8, 4) is 0 Å². The molecule has 23 heavy (non-hydrogen) atoms. The second-order valence-electron chi connectivity index (χ2n) is 5.85. The van der Waals surface area contributed by atoms with E-state index in [9.17, 15) is 21.6 Å². The minimum atomic E-state index is -4.27. The first-order chi connectivity index (χ1) is 10.7. The predicted molar refractivity (Wildman–Crippen MR) is 79.8 cm³/mol. The fourth-order valence-electron chi connectivity index (χ4n) is 3.05. The highest BCUT2D eigenvalue weighted by Crippen LogP contribution is 2.53. The highest BCUT2D eigenvalue weighted by Gasteiger charge is 2.66. The molecular formula is C14H16ClF3N2O2S. The van der Waals surface area contributed by atoms with E-state index in [0.29, 0.717) is 0 Å². The normalized spacial score (nSPS) is 23.0. The van der Waals surface area contributed by atoms with Gasteiger partial charge in [0.15, 0.2) is 0 Å². The summed E-state index contributed by atoms with van der Waals surface area (Å²) in [6.45, 7) is 0.211. The molecule has 1 aromatic carbocycles. The molecule has 1 aliphatic heterocycles. The van der Waals surface area contributed by atoms with Gasteiger partial charge in [-0.05, 0) is 25.0 Å². The van der Waals surface area contributed by atoms with Crippen LogP contribution in [0.25, 0.3) is 0 Å². The van der Waals surface area contributed by atoms with Crippen LogP contribution in [0.4, 0.5) is 13.2 Å². The molecule has 0 radical (unpaired) electrons. The van der Waals surface area contributed by atoms with Gasteiger partial charge in [0, 0.05) is 26.2 Å². The number of hydrogen-bond donors (Lipinski definition) is 0. The Balaban J connectivity index is 1.74. The van der Waals surface area contributed by atoms with Gasteiger partial charge >= 0.3 is 6.18 Å². The Labute approximate surface area is 137 Å². The summed E-state index contributed by atoms with van der Waals surface area (Å²) in [4.78, 5) is 1.36. The number of benzene rings is 1. The fourth-order valence-corrected chi connectivity index (χ4v) is 4.96. The third-order valence-electron chi connectivity index (χ3n) is 4.55. The summed E-state index contributed by atoms with van der Waals surface area (Å²) in [5, 5.41) is 0.115. The quantitative estimate of drug-likeness (QED) is 0.823. The SMILES string of the molecule is O=S(=O)(c1ccccc1Cl)N1CCN(C2(C(F)(F)F)CC2)CC1. The maximum atomic E-state index is 13.1. The van der Waals surface area contributed by atoms with Crippen molar-refractivity contribution in [2.75, 3.05) is 26.2 Å². The van der Waals surface area contributed by atoms with Crippen LogP contribution in [-0.2, 0) is 10.0 Å². The Kier molecular flexibility index (Phi) is 4.15. The molecule has 0 amide bonds. The Hall–Kier alpha value is -0.830. The number of alkyl halides is 3. The fraction of sp³-hybridized carbons (Fsp3) is 0.571. The Morgan fingerprint density at radius 2 is 1.61 bits per heavy atom. The first kappa shape index (κ1) is 17.0. The number of halogens is 4. The van der Waals surface area contributed by atoms with E-state index in [-0.39, 0.29) is 48.9 Å². The lowest BCUT2D eigenvalue weighted by molar-refractivity contribution is -0.199. The van der Waals surface area contributed by atoms with E-state index in [0.717, 1.165) is 0 Å². The van der Waals surface area contributed by atoms with Gasteiger partial charge in [-0.2, -0.15) is 17.5 Å². The summed E-state index contributed by atoms with van der Waals surface area (Å²) >= 11 is 5.93. The van der Waals surface area contributed by atoms with Gasteiger partial charge in [-0.15, -0.1) is 0 Å². The van der Waals surface area contributed by atoms with Crippen molar-refractivity contribution in [3.63, 3.8) is 0 Å². The van der Waals surface area contributed by atoms with Gasteiger partial charge in [-0.3, -0.25) is 4.90 Å². The van der Waals surface area contributed by atoms with Crippen LogP contribution >= 0.6 is 11.6 Å². The number of nitrogens with zero attached hydrogens (tertiary/aromatic N) is 2. The molecule has 0 N–H and O–H groups in total. The third kappa shape index (κ3) is 2.86. The molecule has 4 nitrogen and oxygen atoms in total. The molecule has 2 aliphatic rings. The number of hydrogen-bond acceptors (Lipinski definition) is 3. The van der Waals surface area contributed by atoms with Crippen LogP contribution < -0.4 is 0 Å². The van der Waals surface area contributed by atoms with Crippen molar-refractivity contribution >= 4 is 21.6 Å². The average Bonchev–Trinajstić information content (AvgIpc) is 3.29. The molecule has 0 spiro atoms. The molecule has 1 aromatic rings. The predicted octanol–water partition coefficient (Wildman–Crippen LogP) is 2.74. The lowest BCUT2D eigenvalue weighted by atomic mass is 10.2. The first-order valence-electron chi connectivity index (χ1n) is 7.25. The summed E-state index contributed by atoms with van der Waals surface area (Å²) < 4.78 is 65.8. The molecule has 0 aromatic heterocycles. The van der Waals surface area contributed by atoms with E-state index >= 15 is 0 Å². The lowest BCUT2D eigenvalue weighted by Gasteiger charge is -2.39. The van der Waals surface area contributed by atoms with Crippen LogP contribution in [0.2, 0.25) is 5.02 Å². The zero-order valence-electron chi connectivity index (χ0n) is 12.2. The van der Waals surface area contributed by atoms with Gasteiger partial charge in [0.1, 0.15) is 10.4 Å². The second kappa shape index (κ2) is 5.61. The van der Waals surface area contributed by atoms with Gasteiger partial charge in [0.25, 0.3) is 0 Å². The van der Waals surface area contributed by atoms with Crippen LogP contribution in [-0.4, -0.2) is 55.5 Å². The molecule has 0 bridgehead atoms. The lowest BCUT2D eigenvalue weighted by Crippen LogP contribution is -2.57. The molecule has 1 saturated carbocycles. The van der Waals surface area contributed by atoms with E-state index in [4.69, 9.17) is 11.6 Å². The van der Waals surface area contributed by atoms with Crippen molar-refractivity contribution in [2.24, 2.45) is 0 Å². The molecule has 9 heteroatoms. The molecule has 3 rings (SSSR count). The van der Waals surface area contributed by atoms with Crippen molar-refractivity contribution in [1.29, 1.82) is 0 Å². The van der Waals surface area contributed by atoms with Crippen LogP contribution in [0.1, 0.15) is 12.8 Å². The Morgan fingerprint density at radius 3 is 2.09 bits per heavy atom. The van der Waals surface area contributed by atoms with E-state index in [2.05, 4.69) is 0 Å². The van der Waals surface area contributed by atoms with Crippen LogP contribution in [0.3, 0.4) is 0 Å². The number of rotatable bonds is 3. The van der Waals surface area contributed by atoms with Crippen molar-refractivity contribution in [2.45, 2.75) is 29.5 Å². The minimum absolute atomic E-state index is 0.00734. The van der Waals surface area contributed by atoms with E-state index in [1.54, 1.807) is 12.1 Å². The van der Waals surface area contributed by atoms with E-state index < -0.39 is 21.7 Å². The molecular weight excluding hydrogens is 353 g/mol. The zero-order chi connectivity index (χ0) is 16.9. The molecule has 0 atom stereocenters. The van der Waals surface area contributed by atoms with Gasteiger partial charge in [-0.25, -0.2) is 8.42 Å². The van der Waals surface area contributed by atoms with Gasteiger partial charge < -0.3 is 0 Å². The van der Waals surface area contributed by atoms with Crippen molar-refractivity contribution < 1.29 is 21.6 Å². The monoisotopic (exact) mass is 368 g/mol. The minimum Gasteiger partial charge on any atom is -0.287 e.